The largest absolute Gasteiger partial charge is 0.378 e. The molecule has 1 unspecified atom stereocenters. The fraction of sp³-hybridized carbons (Fsp3) is 0.625. The van der Waals surface area contributed by atoms with E-state index in [-0.39, 0.29) is 17.5 Å². The Balaban J connectivity index is 2.19. The molecule has 19 heavy (non-hydrogen) atoms. The van der Waals surface area contributed by atoms with E-state index in [2.05, 4.69) is 12.2 Å². The molecule has 0 aromatic heterocycles. The van der Waals surface area contributed by atoms with Gasteiger partial charge < -0.3 is 10.1 Å². The lowest BCUT2D eigenvalue weighted by Crippen LogP contribution is -2.43. The van der Waals surface area contributed by atoms with Gasteiger partial charge >= 0.3 is 0 Å². The lowest BCUT2D eigenvalue weighted by Gasteiger charge is -2.43. The van der Waals surface area contributed by atoms with Gasteiger partial charge in [-0.05, 0) is 62.4 Å². The molecule has 1 aliphatic rings. The monoisotopic (exact) mass is 265 g/mol. The standard InChI is InChI=1S/C16H24FNO/c1-4-18-15(11-16(19-3)8-5-9-16)14-7-6-13(17)10-12(14)2/h6-7,10,15,18H,4-5,8-9,11H2,1-3H3. The van der Waals surface area contributed by atoms with E-state index in [0.717, 1.165) is 31.4 Å². The first-order valence-corrected chi connectivity index (χ1v) is 7.15. The van der Waals surface area contributed by atoms with Gasteiger partial charge in [-0.1, -0.05) is 13.0 Å². The highest BCUT2D eigenvalue weighted by atomic mass is 19.1. The van der Waals surface area contributed by atoms with Crippen molar-refractivity contribution in [1.82, 2.24) is 5.32 Å². The summed E-state index contributed by atoms with van der Waals surface area (Å²) >= 11 is 0. The SMILES string of the molecule is CCNC(CC1(OC)CCC1)c1ccc(F)cc1C. The average Bonchev–Trinajstić information content (AvgIpc) is 2.33. The van der Waals surface area contributed by atoms with Gasteiger partial charge in [-0.25, -0.2) is 4.39 Å². The quantitative estimate of drug-likeness (QED) is 0.846. The van der Waals surface area contributed by atoms with Crippen molar-refractivity contribution < 1.29 is 9.13 Å². The van der Waals surface area contributed by atoms with Crippen LogP contribution in [0, 0.1) is 12.7 Å². The molecule has 1 aromatic carbocycles. The molecule has 1 fully saturated rings. The highest BCUT2D eigenvalue weighted by molar-refractivity contribution is 5.30. The van der Waals surface area contributed by atoms with Gasteiger partial charge in [-0.15, -0.1) is 0 Å². The van der Waals surface area contributed by atoms with Crippen LogP contribution in [0.15, 0.2) is 18.2 Å². The van der Waals surface area contributed by atoms with Crippen LogP contribution < -0.4 is 5.32 Å². The highest BCUT2D eigenvalue weighted by Gasteiger charge is 2.39. The number of methoxy groups -OCH3 is 1. The van der Waals surface area contributed by atoms with Gasteiger partial charge in [0.05, 0.1) is 5.60 Å². The van der Waals surface area contributed by atoms with Crippen molar-refractivity contribution in [1.29, 1.82) is 0 Å². The fourth-order valence-electron chi connectivity index (χ4n) is 3.00. The maximum Gasteiger partial charge on any atom is 0.123 e. The number of hydrogen-bond acceptors (Lipinski definition) is 2. The van der Waals surface area contributed by atoms with E-state index < -0.39 is 0 Å². The first-order chi connectivity index (χ1) is 9.10. The van der Waals surface area contributed by atoms with E-state index in [4.69, 9.17) is 4.74 Å². The lowest BCUT2D eigenvalue weighted by molar-refractivity contribution is -0.0837. The number of benzene rings is 1. The molecule has 0 heterocycles. The first-order valence-electron chi connectivity index (χ1n) is 7.15. The predicted octanol–water partition coefficient (Wildman–Crippen LogP) is 3.74. The van der Waals surface area contributed by atoms with Crippen LogP contribution in [0.3, 0.4) is 0 Å². The summed E-state index contributed by atoms with van der Waals surface area (Å²) in [6.45, 7) is 4.98. The van der Waals surface area contributed by atoms with Crippen molar-refractivity contribution >= 4 is 0 Å². The number of rotatable bonds is 6. The Morgan fingerprint density at radius 3 is 2.63 bits per heavy atom. The van der Waals surface area contributed by atoms with E-state index in [1.165, 1.54) is 12.0 Å². The summed E-state index contributed by atoms with van der Waals surface area (Å²) in [5.74, 6) is -0.165. The van der Waals surface area contributed by atoms with Gasteiger partial charge in [0.2, 0.25) is 0 Å². The zero-order valence-electron chi connectivity index (χ0n) is 12.1. The third-order valence-electron chi connectivity index (χ3n) is 4.33. The maximum atomic E-state index is 13.2. The van der Waals surface area contributed by atoms with Crippen LogP contribution in [0.5, 0.6) is 0 Å². The van der Waals surface area contributed by atoms with Crippen LogP contribution in [0.2, 0.25) is 0 Å². The van der Waals surface area contributed by atoms with E-state index in [1.807, 2.05) is 13.0 Å². The molecule has 1 aliphatic carbocycles. The summed E-state index contributed by atoms with van der Waals surface area (Å²) in [5.41, 5.74) is 2.22. The molecule has 1 saturated carbocycles. The van der Waals surface area contributed by atoms with E-state index in [1.54, 1.807) is 19.2 Å². The van der Waals surface area contributed by atoms with Crippen molar-refractivity contribution in [2.45, 2.75) is 51.2 Å². The average molecular weight is 265 g/mol. The molecule has 1 atom stereocenters. The van der Waals surface area contributed by atoms with Crippen LogP contribution >= 0.6 is 0 Å². The number of nitrogens with one attached hydrogen (secondary N) is 1. The first kappa shape index (κ1) is 14.5. The van der Waals surface area contributed by atoms with Crippen LogP contribution in [0.4, 0.5) is 4.39 Å². The molecule has 0 saturated heterocycles. The van der Waals surface area contributed by atoms with Crippen LogP contribution in [-0.2, 0) is 4.74 Å². The Morgan fingerprint density at radius 2 is 2.16 bits per heavy atom. The van der Waals surface area contributed by atoms with E-state index in [9.17, 15) is 4.39 Å². The molecular weight excluding hydrogens is 241 g/mol. The predicted molar refractivity (Wildman–Crippen MR) is 75.8 cm³/mol. The van der Waals surface area contributed by atoms with Crippen LogP contribution in [0.1, 0.15) is 49.8 Å². The zero-order valence-corrected chi connectivity index (χ0v) is 12.1. The summed E-state index contributed by atoms with van der Waals surface area (Å²) in [7, 11) is 1.81. The Labute approximate surface area is 115 Å². The molecule has 3 heteroatoms. The molecular formula is C16H24FNO. The summed E-state index contributed by atoms with van der Waals surface area (Å²) in [6, 6.07) is 5.30. The van der Waals surface area contributed by atoms with Crippen molar-refractivity contribution in [3.05, 3.63) is 35.1 Å². The fourth-order valence-corrected chi connectivity index (χ4v) is 3.00. The molecule has 0 amide bonds. The molecule has 0 spiro atoms. The molecule has 2 nitrogen and oxygen atoms in total. The normalized spacial score (nSPS) is 18.9. The summed E-state index contributed by atoms with van der Waals surface area (Å²) in [5, 5.41) is 3.51. The summed E-state index contributed by atoms with van der Waals surface area (Å²) in [4.78, 5) is 0. The Bertz CT molecular complexity index is 423. The van der Waals surface area contributed by atoms with Crippen LogP contribution in [0.25, 0.3) is 0 Å². The lowest BCUT2D eigenvalue weighted by atomic mass is 9.74. The summed E-state index contributed by atoms with van der Waals surface area (Å²) in [6.07, 6.45) is 4.47. The molecule has 106 valence electrons. The van der Waals surface area contributed by atoms with Crippen LogP contribution in [-0.4, -0.2) is 19.3 Å². The molecule has 1 N–H and O–H groups in total. The Hall–Kier alpha value is -0.930. The minimum atomic E-state index is -0.165. The maximum absolute atomic E-state index is 13.2. The topological polar surface area (TPSA) is 21.3 Å². The summed E-state index contributed by atoms with van der Waals surface area (Å²) < 4.78 is 19.0. The molecule has 1 aromatic rings. The minimum Gasteiger partial charge on any atom is -0.378 e. The second-order valence-electron chi connectivity index (χ2n) is 5.56. The number of hydrogen-bond donors (Lipinski definition) is 1. The van der Waals surface area contributed by atoms with Gasteiger partial charge in [0, 0.05) is 13.2 Å². The number of aryl methyl sites for hydroxylation is 1. The molecule has 0 bridgehead atoms. The smallest absolute Gasteiger partial charge is 0.123 e. The second kappa shape index (κ2) is 6.02. The van der Waals surface area contributed by atoms with Crippen molar-refractivity contribution in [3.8, 4) is 0 Å². The second-order valence-corrected chi connectivity index (χ2v) is 5.56. The number of ether oxygens (including phenoxy) is 1. The third kappa shape index (κ3) is 3.15. The molecule has 0 radical (unpaired) electrons. The van der Waals surface area contributed by atoms with Crippen molar-refractivity contribution in [3.63, 3.8) is 0 Å². The van der Waals surface area contributed by atoms with Gasteiger partial charge in [0.25, 0.3) is 0 Å². The minimum absolute atomic E-state index is 0.0215. The zero-order chi connectivity index (χ0) is 13.9. The molecule has 0 aliphatic heterocycles. The Morgan fingerprint density at radius 1 is 1.42 bits per heavy atom. The van der Waals surface area contributed by atoms with Gasteiger partial charge in [-0.2, -0.15) is 0 Å². The van der Waals surface area contributed by atoms with E-state index >= 15 is 0 Å². The van der Waals surface area contributed by atoms with Crippen molar-refractivity contribution in [2.24, 2.45) is 0 Å². The number of halogens is 1. The Kier molecular flexibility index (Phi) is 4.58. The van der Waals surface area contributed by atoms with Gasteiger partial charge in [0.1, 0.15) is 5.82 Å². The van der Waals surface area contributed by atoms with Gasteiger partial charge in [-0.3, -0.25) is 0 Å². The van der Waals surface area contributed by atoms with E-state index in [0.29, 0.717) is 0 Å². The van der Waals surface area contributed by atoms with Crippen molar-refractivity contribution in [2.75, 3.05) is 13.7 Å². The third-order valence-corrected chi connectivity index (χ3v) is 4.33. The highest BCUT2D eigenvalue weighted by Crippen LogP contribution is 2.42. The van der Waals surface area contributed by atoms with Gasteiger partial charge in [0.15, 0.2) is 0 Å². The molecule has 2 rings (SSSR count).